The Bertz CT molecular complexity index is 599. The summed E-state index contributed by atoms with van der Waals surface area (Å²) in [6.45, 7) is 2.25. The van der Waals surface area contributed by atoms with Crippen molar-refractivity contribution in [1.82, 2.24) is 4.72 Å². The summed E-state index contributed by atoms with van der Waals surface area (Å²) in [5.74, 6) is 0.0264. The molecule has 0 saturated heterocycles. The van der Waals surface area contributed by atoms with Gasteiger partial charge in [0.25, 0.3) is 0 Å². The number of aryl methyl sites for hydroxylation is 1. The van der Waals surface area contributed by atoms with E-state index in [4.69, 9.17) is 0 Å². The monoisotopic (exact) mass is 312 g/mol. The van der Waals surface area contributed by atoms with Gasteiger partial charge in [-0.15, -0.1) is 0 Å². The first-order chi connectivity index (χ1) is 9.81. The lowest BCUT2D eigenvalue weighted by atomic mass is 10.1. The Kier molecular flexibility index (Phi) is 4.91. The smallest absolute Gasteiger partial charge is 0.240 e. The molecule has 1 aromatic rings. The van der Waals surface area contributed by atoms with Crippen molar-refractivity contribution in [3.63, 3.8) is 0 Å². The fourth-order valence-electron chi connectivity index (χ4n) is 2.79. The molecule has 0 unspecified atom stereocenters. The lowest BCUT2D eigenvalue weighted by molar-refractivity contribution is 0.134. The molecule has 2 rings (SSSR count). The van der Waals surface area contributed by atoms with Crippen molar-refractivity contribution in [3.05, 3.63) is 23.8 Å². The van der Waals surface area contributed by atoms with Crippen molar-refractivity contribution in [2.75, 3.05) is 25.5 Å². The molecule has 0 heterocycles. The maximum atomic E-state index is 12.4. The molecule has 21 heavy (non-hydrogen) atoms. The molecule has 1 saturated carbocycles. The van der Waals surface area contributed by atoms with Gasteiger partial charge < -0.3 is 10.0 Å². The van der Waals surface area contributed by atoms with Crippen LogP contribution < -0.4 is 9.62 Å². The number of sulfonamides is 1. The summed E-state index contributed by atoms with van der Waals surface area (Å²) >= 11 is 0. The molecule has 2 N–H and O–H groups in total. The van der Waals surface area contributed by atoms with E-state index in [0.29, 0.717) is 6.54 Å². The second kappa shape index (κ2) is 6.34. The number of hydrogen-bond acceptors (Lipinski definition) is 4. The number of aliphatic hydroxyl groups excluding tert-OH is 1. The van der Waals surface area contributed by atoms with E-state index in [-0.39, 0.29) is 16.9 Å². The van der Waals surface area contributed by atoms with E-state index in [9.17, 15) is 13.5 Å². The minimum absolute atomic E-state index is 0.0264. The third-order valence-electron chi connectivity index (χ3n) is 4.13. The van der Waals surface area contributed by atoms with E-state index in [2.05, 4.69) is 4.72 Å². The van der Waals surface area contributed by atoms with Crippen molar-refractivity contribution < 1.29 is 13.5 Å². The van der Waals surface area contributed by atoms with Crippen LogP contribution in [0.15, 0.2) is 23.1 Å². The minimum atomic E-state index is -3.53. The predicted octanol–water partition coefficient (Wildman–Crippen LogP) is 1.50. The van der Waals surface area contributed by atoms with Gasteiger partial charge in [-0.1, -0.05) is 12.5 Å². The lowest BCUT2D eigenvalue weighted by Crippen LogP contribution is -2.32. The zero-order chi connectivity index (χ0) is 15.6. The number of nitrogens with zero attached hydrogens (tertiary/aromatic N) is 1. The first-order valence-electron chi connectivity index (χ1n) is 7.27. The van der Waals surface area contributed by atoms with Crippen LogP contribution in [0.4, 0.5) is 5.69 Å². The molecule has 0 aliphatic heterocycles. The Morgan fingerprint density at radius 1 is 1.33 bits per heavy atom. The van der Waals surface area contributed by atoms with Crippen LogP contribution in [0.2, 0.25) is 0 Å². The second-order valence-corrected chi connectivity index (χ2v) is 7.72. The second-order valence-electron chi connectivity index (χ2n) is 5.95. The van der Waals surface area contributed by atoms with Crippen LogP contribution in [0.25, 0.3) is 0 Å². The van der Waals surface area contributed by atoms with Gasteiger partial charge in [0.1, 0.15) is 0 Å². The Labute approximate surface area is 127 Å². The van der Waals surface area contributed by atoms with Gasteiger partial charge >= 0.3 is 0 Å². The summed E-state index contributed by atoms with van der Waals surface area (Å²) in [5, 5.41) is 9.77. The summed E-state index contributed by atoms with van der Waals surface area (Å²) in [4.78, 5) is 2.17. The van der Waals surface area contributed by atoms with Crippen molar-refractivity contribution in [3.8, 4) is 0 Å². The van der Waals surface area contributed by atoms with Crippen LogP contribution in [0, 0.1) is 12.8 Å². The first-order valence-corrected chi connectivity index (χ1v) is 8.75. The Morgan fingerprint density at radius 2 is 2.05 bits per heavy atom. The average molecular weight is 312 g/mol. The molecular formula is C15H24N2O3S. The van der Waals surface area contributed by atoms with Crippen LogP contribution >= 0.6 is 0 Å². The quantitative estimate of drug-likeness (QED) is 0.864. The number of benzene rings is 1. The number of nitrogens with one attached hydrogen (secondary N) is 1. The van der Waals surface area contributed by atoms with Crippen LogP contribution in [0.5, 0.6) is 0 Å². The van der Waals surface area contributed by atoms with Gasteiger partial charge in [0, 0.05) is 26.3 Å². The van der Waals surface area contributed by atoms with E-state index in [0.717, 1.165) is 30.5 Å². The number of rotatable bonds is 5. The minimum Gasteiger partial charge on any atom is -0.393 e. The van der Waals surface area contributed by atoms with Gasteiger partial charge in [0.15, 0.2) is 0 Å². The largest absolute Gasteiger partial charge is 0.393 e. The topological polar surface area (TPSA) is 69.6 Å². The van der Waals surface area contributed by atoms with E-state index >= 15 is 0 Å². The van der Waals surface area contributed by atoms with Crippen molar-refractivity contribution in [2.45, 2.75) is 37.2 Å². The van der Waals surface area contributed by atoms with Gasteiger partial charge in [0.2, 0.25) is 10.0 Å². The third kappa shape index (κ3) is 3.75. The summed E-state index contributed by atoms with van der Waals surface area (Å²) in [6.07, 6.45) is 2.22. The van der Waals surface area contributed by atoms with Gasteiger partial charge in [-0.3, -0.25) is 0 Å². The normalized spacial score (nSPS) is 22.5. The molecule has 1 aliphatic rings. The van der Waals surface area contributed by atoms with Crippen LogP contribution in [0.3, 0.4) is 0 Å². The third-order valence-corrected chi connectivity index (χ3v) is 5.55. The van der Waals surface area contributed by atoms with E-state index in [1.54, 1.807) is 12.1 Å². The van der Waals surface area contributed by atoms with Crippen LogP contribution in [0.1, 0.15) is 24.8 Å². The molecule has 6 heteroatoms. The number of aliphatic hydroxyl groups is 1. The molecule has 0 spiro atoms. The zero-order valence-corrected chi connectivity index (χ0v) is 13.7. The summed E-state index contributed by atoms with van der Waals surface area (Å²) in [6, 6.07) is 5.12. The SMILES string of the molecule is Cc1ccc(S(=O)(=O)NC[C@H]2CCC[C@@H]2O)cc1N(C)C. The highest BCUT2D eigenvalue weighted by molar-refractivity contribution is 7.89. The van der Waals surface area contributed by atoms with E-state index in [1.807, 2.05) is 32.0 Å². The fraction of sp³-hybridized carbons (Fsp3) is 0.600. The Balaban J connectivity index is 2.14. The Morgan fingerprint density at radius 3 is 2.62 bits per heavy atom. The molecule has 1 fully saturated rings. The standard InChI is InChI=1S/C15H24N2O3S/c1-11-7-8-13(9-14(11)17(2)3)21(19,20)16-10-12-5-4-6-15(12)18/h7-9,12,15-16,18H,4-6,10H2,1-3H3/t12-,15+/m1/s1. The molecule has 0 radical (unpaired) electrons. The van der Waals surface area contributed by atoms with E-state index < -0.39 is 10.0 Å². The van der Waals surface area contributed by atoms with Gasteiger partial charge in [-0.25, -0.2) is 13.1 Å². The molecule has 0 aromatic heterocycles. The zero-order valence-electron chi connectivity index (χ0n) is 12.8. The maximum absolute atomic E-state index is 12.4. The summed E-state index contributed by atoms with van der Waals surface area (Å²) in [7, 11) is 0.248. The fourth-order valence-corrected chi connectivity index (χ4v) is 3.91. The van der Waals surface area contributed by atoms with Gasteiger partial charge in [0.05, 0.1) is 11.0 Å². The highest BCUT2D eigenvalue weighted by Crippen LogP contribution is 2.26. The first kappa shape index (κ1) is 16.3. The maximum Gasteiger partial charge on any atom is 0.240 e. The van der Waals surface area contributed by atoms with Crippen molar-refractivity contribution in [2.24, 2.45) is 5.92 Å². The van der Waals surface area contributed by atoms with Crippen LogP contribution in [-0.2, 0) is 10.0 Å². The van der Waals surface area contributed by atoms with Crippen LogP contribution in [-0.4, -0.2) is 40.3 Å². The van der Waals surface area contributed by atoms with E-state index in [1.165, 1.54) is 0 Å². The molecule has 2 atom stereocenters. The highest BCUT2D eigenvalue weighted by Gasteiger charge is 2.27. The average Bonchev–Trinajstić information content (AvgIpc) is 2.82. The Hall–Kier alpha value is -1.11. The lowest BCUT2D eigenvalue weighted by Gasteiger charge is -2.18. The number of anilines is 1. The van der Waals surface area contributed by atoms with Gasteiger partial charge in [-0.05, 0) is 43.4 Å². The van der Waals surface area contributed by atoms with Gasteiger partial charge in [-0.2, -0.15) is 0 Å². The van der Waals surface area contributed by atoms with Crippen molar-refractivity contribution in [1.29, 1.82) is 0 Å². The highest BCUT2D eigenvalue weighted by atomic mass is 32.2. The predicted molar refractivity (Wildman–Crippen MR) is 84.0 cm³/mol. The molecule has 118 valence electrons. The molecule has 0 amide bonds. The molecule has 1 aliphatic carbocycles. The molecular weight excluding hydrogens is 288 g/mol. The molecule has 5 nitrogen and oxygen atoms in total. The summed E-state index contributed by atoms with van der Waals surface area (Å²) in [5.41, 5.74) is 1.92. The molecule has 0 bridgehead atoms. The van der Waals surface area contributed by atoms with Crippen molar-refractivity contribution >= 4 is 15.7 Å². The molecule has 1 aromatic carbocycles. The number of hydrogen-bond donors (Lipinski definition) is 2. The summed E-state index contributed by atoms with van der Waals surface area (Å²) < 4.78 is 27.4.